The maximum atomic E-state index is 13.9. The van der Waals surface area contributed by atoms with Gasteiger partial charge in [-0.05, 0) is 34.1 Å². The molecule has 2 aromatic rings. The van der Waals surface area contributed by atoms with E-state index in [-0.39, 0.29) is 11.3 Å². The van der Waals surface area contributed by atoms with Gasteiger partial charge in [-0.25, -0.2) is 0 Å². The van der Waals surface area contributed by atoms with Gasteiger partial charge in [0.2, 0.25) is 0 Å². The second-order valence-electron chi connectivity index (χ2n) is 4.17. The van der Waals surface area contributed by atoms with E-state index in [0.29, 0.717) is 16.3 Å². The Hall–Kier alpha value is -1.75. The van der Waals surface area contributed by atoms with Crippen molar-refractivity contribution in [2.45, 2.75) is 5.92 Å². The average Bonchev–Trinajstić information content (AvgIpc) is 2.47. The number of benzene rings is 2. The molecular formula is C15H11BrF2O2. The highest BCUT2D eigenvalue weighted by molar-refractivity contribution is 9.10. The number of rotatable bonds is 5. The Bertz CT molecular complexity index is 600. The van der Waals surface area contributed by atoms with Gasteiger partial charge in [-0.3, -0.25) is 4.79 Å². The lowest BCUT2D eigenvalue weighted by molar-refractivity contribution is -0.0469. The van der Waals surface area contributed by atoms with Crippen LogP contribution in [0.1, 0.15) is 15.9 Å². The average molecular weight is 341 g/mol. The molecule has 0 unspecified atom stereocenters. The molecule has 20 heavy (non-hydrogen) atoms. The van der Waals surface area contributed by atoms with Crippen LogP contribution in [0.25, 0.3) is 0 Å². The molecule has 0 aromatic heterocycles. The molecule has 0 saturated heterocycles. The summed E-state index contributed by atoms with van der Waals surface area (Å²) in [7, 11) is 0. The number of hydrogen-bond donors (Lipinski definition) is 0. The van der Waals surface area contributed by atoms with Gasteiger partial charge in [0.05, 0.1) is 4.47 Å². The highest BCUT2D eigenvalue weighted by Gasteiger charge is 2.32. The fraction of sp³-hybridized carbons (Fsp3) is 0.133. The van der Waals surface area contributed by atoms with Crippen LogP contribution in [0.5, 0.6) is 5.75 Å². The Labute approximate surface area is 123 Å². The first kappa shape index (κ1) is 14.7. The number of alkyl halides is 2. The number of carbonyl (C=O) groups is 1. The van der Waals surface area contributed by atoms with Crippen LogP contribution in [0, 0.1) is 0 Å². The van der Waals surface area contributed by atoms with Gasteiger partial charge < -0.3 is 4.74 Å². The van der Waals surface area contributed by atoms with Gasteiger partial charge in [-0.15, -0.1) is 0 Å². The SMILES string of the molecule is O=Cc1ccc(OCC(F)(F)c2ccccc2)c(Br)c1. The van der Waals surface area contributed by atoms with Crippen LogP contribution < -0.4 is 4.74 Å². The topological polar surface area (TPSA) is 26.3 Å². The lowest BCUT2D eigenvalue weighted by atomic mass is 10.1. The molecule has 0 bridgehead atoms. The lowest BCUT2D eigenvalue weighted by Crippen LogP contribution is -2.23. The minimum atomic E-state index is -3.08. The molecule has 0 heterocycles. The molecule has 0 aliphatic heterocycles. The molecule has 2 nitrogen and oxygen atoms in total. The lowest BCUT2D eigenvalue weighted by Gasteiger charge is -2.18. The van der Waals surface area contributed by atoms with Gasteiger partial charge in [-0.2, -0.15) is 8.78 Å². The first-order chi connectivity index (χ1) is 9.53. The van der Waals surface area contributed by atoms with Crippen LogP contribution in [0.3, 0.4) is 0 Å². The number of carbonyl (C=O) groups excluding carboxylic acids is 1. The zero-order chi connectivity index (χ0) is 14.6. The molecule has 0 aliphatic rings. The van der Waals surface area contributed by atoms with Crippen molar-refractivity contribution in [2.75, 3.05) is 6.61 Å². The van der Waals surface area contributed by atoms with Gasteiger partial charge in [-0.1, -0.05) is 30.3 Å². The van der Waals surface area contributed by atoms with Crippen LogP contribution in [0.15, 0.2) is 53.0 Å². The summed E-state index contributed by atoms with van der Waals surface area (Å²) < 4.78 is 33.5. The second-order valence-corrected chi connectivity index (χ2v) is 5.02. The summed E-state index contributed by atoms with van der Waals surface area (Å²) in [6, 6.07) is 12.0. The van der Waals surface area contributed by atoms with E-state index in [4.69, 9.17) is 4.74 Å². The van der Waals surface area contributed by atoms with E-state index in [0.717, 1.165) is 0 Å². The fourth-order valence-corrected chi connectivity index (χ4v) is 2.15. The van der Waals surface area contributed by atoms with Gasteiger partial charge in [0.15, 0.2) is 6.61 Å². The van der Waals surface area contributed by atoms with Crippen molar-refractivity contribution in [3.63, 3.8) is 0 Å². The maximum Gasteiger partial charge on any atom is 0.306 e. The highest BCUT2D eigenvalue weighted by atomic mass is 79.9. The largest absolute Gasteiger partial charge is 0.486 e. The molecule has 2 aromatic carbocycles. The number of hydrogen-bond acceptors (Lipinski definition) is 2. The molecule has 0 atom stereocenters. The standard InChI is InChI=1S/C15H11BrF2O2/c16-13-8-11(9-19)6-7-14(13)20-10-15(17,18)12-4-2-1-3-5-12/h1-9H,10H2. The van der Waals surface area contributed by atoms with Crippen molar-refractivity contribution in [3.8, 4) is 5.75 Å². The third-order valence-corrected chi connectivity index (χ3v) is 3.32. The van der Waals surface area contributed by atoms with Gasteiger partial charge in [0.25, 0.3) is 0 Å². The molecule has 0 aliphatic carbocycles. The number of aldehydes is 1. The van der Waals surface area contributed by atoms with Crippen molar-refractivity contribution in [1.29, 1.82) is 0 Å². The third-order valence-electron chi connectivity index (χ3n) is 2.70. The van der Waals surface area contributed by atoms with Crippen LogP contribution in [-0.4, -0.2) is 12.9 Å². The predicted molar refractivity (Wildman–Crippen MR) is 75.4 cm³/mol. The zero-order valence-electron chi connectivity index (χ0n) is 10.4. The molecule has 0 amide bonds. The Morgan fingerprint density at radius 3 is 2.45 bits per heavy atom. The van der Waals surface area contributed by atoms with Crippen LogP contribution in [0.4, 0.5) is 8.78 Å². The van der Waals surface area contributed by atoms with Crippen molar-refractivity contribution in [2.24, 2.45) is 0 Å². The summed E-state index contributed by atoms with van der Waals surface area (Å²) in [5, 5.41) is 0. The summed E-state index contributed by atoms with van der Waals surface area (Å²) in [4.78, 5) is 10.6. The number of ether oxygens (including phenoxy) is 1. The molecule has 0 fully saturated rings. The Morgan fingerprint density at radius 2 is 1.85 bits per heavy atom. The van der Waals surface area contributed by atoms with Gasteiger partial charge in [0, 0.05) is 11.1 Å². The smallest absolute Gasteiger partial charge is 0.306 e. The predicted octanol–water partition coefficient (Wildman–Crippen LogP) is 4.43. The summed E-state index contributed by atoms with van der Waals surface area (Å²) in [5.74, 6) is -2.81. The number of halogens is 3. The van der Waals surface area contributed by atoms with E-state index >= 15 is 0 Å². The van der Waals surface area contributed by atoms with Crippen molar-refractivity contribution < 1.29 is 18.3 Å². The maximum absolute atomic E-state index is 13.9. The second kappa shape index (κ2) is 6.13. The summed E-state index contributed by atoms with van der Waals surface area (Å²) in [5.41, 5.74) is 0.347. The molecular weight excluding hydrogens is 330 g/mol. The van der Waals surface area contributed by atoms with Crippen molar-refractivity contribution in [3.05, 3.63) is 64.1 Å². The van der Waals surface area contributed by atoms with Crippen molar-refractivity contribution >= 4 is 22.2 Å². The molecule has 0 saturated carbocycles. The summed E-state index contributed by atoms with van der Waals surface area (Å²) in [6.45, 7) is -0.768. The van der Waals surface area contributed by atoms with Crippen molar-refractivity contribution in [1.82, 2.24) is 0 Å². The first-order valence-electron chi connectivity index (χ1n) is 5.84. The van der Waals surface area contributed by atoms with Gasteiger partial charge in [0.1, 0.15) is 12.0 Å². The molecule has 0 N–H and O–H groups in total. The fourth-order valence-electron chi connectivity index (χ4n) is 1.64. The molecule has 0 spiro atoms. The van der Waals surface area contributed by atoms with Crippen LogP contribution in [0.2, 0.25) is 0 Å². The third kappa shape index (κ3) is 3.42. The minimum Gasteiger partial charge on any atom is -0.486 e. The van der Waals surface area contributed by atoms with E-state index in [9.17, 15) is 13.6 Å². The normalized spacial score (nSPS) is 11.2. The first-order valence-corrected chi connectivity index (χ1v) is 6.63. The monoisotopic (exact) mass is 340 g/mol. The van der Waals surface area contributed by atoms with Gasteiger partial charge >= 0.3 is 5.92 Å². The summed E-state index contributed by atoms with van der Waals surface area (Å²) >= 11 is 3.18. The van der Waals surface area contributed by atoms with E-state index in [1.165, 1.54) is 30.3 Å². The van der Waals surface area contributed by atoms with Crippen LogP contribution in [-0.2, 0) is 5.92 Å². The quantitative estimate of drug-likeness (QED) is 0.752. The molecule has 104 valence electrons. The Morgan fingerprint density at radius 1 is 1.15 bits per heavy atom. The van der Waals surface area contributed by atoms with Crippen LogP contribution >= 0.6 is 15.9 Å². The molecule has 5 heteroatoms. The molecule has 2 rings (SSSR count). The minimum absolute atomic E-state index is 0.0966. The Kier molecular flexibility index (Phi) is 4.49. The highest BCUT2D eigenvalue weighted by Crippen LogP contribution is 2.31. The zero-order valence-corrected chi connectivity index (χ0v) is 11.9. The summed E-state index contributed by atoms with van der Waals surface area (Å²) in [6.07, 6.45) is 0.674. The molecule has 0 radical (unpaired) electrons. The van der Waals surface area contributed by atoms with E-state index in [1.807, 2.05) is 0 Å². The van der Waals surface area contributed by atoms with E-state index in [2.05, 4.69) is 15.9 Å². The van der Waals surface area contributed by atoms with E-state index in [1.54, 1.807) is 18.2 Å². The van der Waals surface area contributed by atoms with E-state index < -0.39 is 12.5 Å². The Balaban J connectivity index is 2.10.